The monoisotopic (exact) mass is 432 g/mol. The third-order valence-electron chi connectivity index (χ3n) is 6.03. The van der Waals surface area contributed by atoms with Gasteiger partial charge < -0.3 is 16.4 Å². The molecule has 0 atom stereocenters. The molecule has 0 spiro atoms. The van der Waals surface area contributed by atoms with E-state index in [1.807, 2.05) is 24.5 Å². The van der Waals surface area contributed by atoms with E-state index in [0.29, 0.717) is 0 Å². The molecule has 8 heteroatoms. The van der Waals surface area contributed by atoms with Crippen molar-refractivity contribution in [2.45, 2.75) is 38.5 Å². The Bertz CT molecular complexity index is 1190. The van der Waals surface area contributed by atoms with Crippen molar-refractivity contribution in [1.82, 2.24) is 28.9 Å². The third-order valence-corrected chi connectivity index (χ3v) is 6.03. The molecule has 0 unspecified atom stereocenters. The summed E-state index contributed by atoms with van der Waals surface area (Å²) >= 11 is 0. The Kier molecular flexibility index (Phi) is 6.70. The zero-order valence-electron chi connectivity index (χ0n) is 18.7. The first-order valence-electron chi connectivity index (χ1n) is 11.3. The van der Waals surface area contributed by atoms with E-state index in [1.54, 1.807) is 10.7 Å². The van der Waals surface area contributed by atoms with Crippen LogP contribution in [0.3, 0.4) is 0 Å². The first-order chi connectivity index (χ1) is 15.7. The Labute approximate surface area is 188 Å². The second-order valence-electron chi connectivity index (χ2n) is 8.02. The van der Waals surface area contributed by atoms with Crippen LogP contribution in [0.15, 0.2) is 49.6 Å². The van der Waals surface area contributed by atoms with Crippen LogP contribution >= 0.6 is 0 Å². The summed E-state index contributed by atoms with van der Waals surface area (Å²) < 4.78 is 3.86. The summed E-state index contributed by atoms with van der Waals surface area (Å²) in [5.74, 6) is 0.258. The first-order valence-corrected chi connectivity index (χ1v) is 11.3. The van der Waals surface area contributed by atoms with Crippen molar-refractivity contribution >= 4 is 22.8 Å². The summed E-state index contributed by atoms with van der Waals surface area (Å²) in [5, 5.41) is 4.22. The van der Waals surface area contributed by atoms with E-state index in [1.165, 1.54) is 45.6 Å². The fourth-order valence-electron chi connectivity index (χ4n) is 3.91. The molecular weight excluding hydrogens is 400 g/mol. The maximum absolute atomic E-state index is 5.68. The van der Waals surface area contributed by atoms with Crippen molar-refractivity contribution in [3.8, 4) is 11.1 Å². The Morgan fingerprint density at radius 2 is 1.66 bits per heavy atom. The van der Waals surface area contributed by atoms with Crippen LogP contribution in [0.1, 0.15) is 44.2 Å². The highest BCUT2D eigenvalue weighted by Crippen LogP contribution is 2.28. The predicted octanol–water partition coefficient (Wildman–Crippen LogP) is 3.83. The van der Waals surface area contributed by atoms with E-state index in [-0.39, 0.29) is 5.95 Å². The average molecular weight is 433 g/mol. The van der Waals surface area contributed by atoms with Crippen molar-refractivity contribution in [1.29, 1.82) is 0 Å². The summed E-state index contributed by atoms with van der Waals surface area (Å²) in [6, 6.07) is 6.12. The van der Waals surface area contributed by atoms with Gasteiger partial charge in [-0.05, 0) is 38.1 Å². The highest BCUT2D eigenvalue weighted by molar-refractivity contribution is 5.81. The highest BCUT2D eigenvalue weighted by atomic mass is 15.3. The van der Waals surface area contributed by atoms with Crippen LogP contribution in [-0.4, -0.2) is 49.0 Å². The summed E-state index contributed by atoms with van der Waals surface area (Å²) in [6.07, 6.45) is 16.1. The zero-order valence-corrected chi connectivity index (χ0v) is 18.7. The second-order valence-corrected chi connectivity index (χ2v) is 8.02. The SMILES string of the molecule is C1CCC1.C=C(c1cnc2ccc(-c3ccn4nc(N)ncc34)cn12)N1CCCC1.CN. The van der Waals surface area contributed by atoms with Gasteiger partial charge in [0.25, 0.3) is 0 Å². The quantitative estimate of drug-likeness (QED) is 0.510. The fraction of sp³-hybridized carbons (Fsp3) is 0.375. The molecule has 0 radical (unpaired) electrons. The lowest BCUT2D eigenvalue weighted by atomic mass is 10.0. The van der Waals surface area contributed by atoms with Crippen molar-refractivity contribution < 1.29 is 0 Å². The van der Waals surface area contributed by atoms with Gasteiger partial charge in [0, 0.05) is 36.6 Å². The van der Waals surface area contributed by atoms with Crippen LogP contribution in [-0.2, 0) is 0 Å². The van der Waals surface area contributed by atoms with E-state index >= 15 is 0 Å². The maximum atomic E-state index is 5.68. The molecule has 4 N–H and O–H groups in total. The molecule has 168 valence electrons. The molecule has 0 bridgehead atoms. The minimum Gasteiger partial charge on any atom is -0.370 e. The third kappa shape index (κ3) is 4.31. The van der Waals surface area contributed by atoms with Crippen LogP contribution < -0.4 is 11.5 Å². The van der Waals surface area contributed by atoms with E-state index in [0.717, 1.165) is 46.8 Å². The highest BCUT2D eigenvalue weighted by Gasteiger charge is 2.18. The van der Waals surface area contributed by atoms with Crippen LogP contribution in [0.4, 0.5) is 5.95 Å². The van der Waals surface area contributed by atoms with E-state index in [9.17, 15) is 0 Å². The van der Waals surface area contributed by atoms with Gasteiger partial charge in [-0.15, -0.1) is 5.10 Å². The standard InChI is InChI=1S/C19H19N7.C4H8.CH5N/c1-13(24-7-2-3-8-24)16-10-21-18-5-4-14(12-25(16)18)15-6-9-26-17(15)11-22-19(20)23-26;1-2-4-3-1;1-2/h4-6,9-12H,1-3,7-8H2,(H2,20,23);1-4H2;2H2,1H3. The molecule has 8 nitrogen and oxygen atoms in total. The molecule has 1 saturated carbocycles. The number of nitrogens with two attached hydrogens (primary N) is 2. The summed E-state index contributed by atoms with van der Waals surface area (Å²) in [5.41, 5.74) is 16.2. The van der Waals surface area contributed by atoms with Crippen LogP contribution in [0.25, 0.3) is 28.0 Å². The van der Waals surface area contributed by atoms with Gasteiger partial charge in [-0.25, -0.2) is 14.5 Å². The Morgan fingerprint density at radius 3 is 2.34 bits per heavy atom. The van der Waals surface area contributed by atoms with Crippen LogP contribution in [0, 0.1) is 0 Å². The predicted molar refractivity (Wildman–Crippen MR) is 130 cm³/mol. The van der Waals surface area contributed by atoms with Crippen molar-refractivity contribution in [3.05, 3.63) is 55.3 Å². The van der Waals surface area contributed by atoms with E-state index < -0.39 is 0 Å². The number of imidazole rings is 1. The summed E-state index contributed by atoms with van der Waals surface area (Å²) in [6.45, 7) is 6.44. The van der Waals surface area contributed by atoms with Crippen molar-refractivity contribution in [2.75, 3.05) is 25.9 Å². The average Bonchev–Trinajstić information content (AvgIpc) is 3.52. The van der Waals surface area contributed by atoms with Gasteiger partial charge in [0.2, 0.25) is 5.95 Å². The number of hydrogen-bond donors (Lipinski definition) is 2. The van der Waals surface area contributed by atoms with E-state index in [2.05, 4.69) is 48.9 Å². The molecule has 32 heavy (non-hydrogen) atoms. The Balaban J connectivity index is 0.000000362. The molecule has 4 aromatic heterocycles. The lowest BCUT2D eigenvalue weighted by Gasteiger charge is -2.20. The topological polar surface area (TPSA) is 103 Å². The fourth-order valence-corrected chi connectivity index (χ4v) is 3.91. The van der Waals surface area contributed by atoms with Crippen molar-refractivity contribution in [3.63, 3.8) is 0 Å². The Hall–Kier alpha value is -3.39. The zero-order chi connectivity index (χ0) is 22.5. The minimum absolute atomic E-state index is 0.258. The number of aromatic nitrogens is 5. The van der Waals surface area contributed by atoms with Gasteiger partial charge in [0.15, 0.2) is 0 Å². The molecule has 0 amide bonds. The molecule has 2 fully saturated rings. The Morgan fingerprint density at radius 1 is 0.938 bits per heavy atom. The van der Waals surface area contributed by atoms with Crippen molar-refractivity contribution in [2.24, 2.45) is 5.73 Å². The summed E-state index contributed by atoms with van der Waals surface area (Å²) in [4.78, 5) is 11.0. The largest absolute Gasteiger partial charge is 0.370 e. The number of nitrogen functional groups attached to an aromatic ring is 1. The molecule has 2 aliphatic rings. The molecule has 6 rings (SSSR count). The molecule has 4 aromatic rings. The maximum Gasteiger partial charge on any atom is 0.238 e. The number of nitrogens with zero attached hydrogens (tertiary/aromatic N) is 6. The first kappa shape index (κ1) is 21.8. The van der Waals surface area contributed by atoms with Crippen LogP contribution in [0.2, 0.25) is 0 Å². The number of fused-ring (bicyclic) bond motifs is 2. The second kappa shape index (κ2) is 9.82. The van der Waals surface area contributed by atoms with Gasteiger partial charge in [0.1, 0.15) is 5.65 Å². The van der Waals surface area contributed by atoms with Gasteiger partial charge in [0.05, 0.1) is 29.3 Å². The number of rotatable bonds is 3. The summed E-state index contributed by atoms with van der Waals surface area (Å²) in [7, 11) is 1.50. The molecule has 1 aliphatic carbocycles. The minimum atomic E-state index is 0.258. The number of likely N-dealkylation sites (tertiary alicyclic amines) is 1. The van der Waals surface area contributed by atoms with E-state index in [4.69, 9.17) is 5.73 Å². The lowest BCUT2D eigenvalue weighted by molar-refractivity contribution is 0.492. The normalized spacial score (nSPS) is 15.0. The van der Waals surface area contributed by atoms with Crippen LogP contribution in [0.5, 0.6) is 0 Å². The lowest BCUT2D eigenvalue weighted by Crippen LogP contribution is -2.17. The van der Waals surface area contributed by atoms with Gasteiger partial charge in [-0.1, -0.05) is 32.3 Å². The molecule has 1 saturated heterocycles. The number of anilines is 1. The number of pyridine rings is 1. The smallest absolute Gasteiger partial charge is 0.238 e. The molecule has 5 heterocycles. The van der Waals surface area contributed by atoms with Gasteiger partial charge >= 0.3 is 0 Å². The van der Waals surface area contributed by atoms with Gasteiger partial charge in [-0.3, -0.25) is 4.40 Å². The molecule has 0 aromatic carbocycles. The molecular formula is C24H32N8. The number of hydrogen-bond acceptors (Lipinski definition) is 6. The van der Waals surface area contributed by atoms with Gasteiger partial charge in [-0.2, -0.15) is 0 Å². The molecule has 1 aliphatic heterocycles.